The van der Waals surface area contributed by atoms with Gasteiger partial charge in [-0.3, -0.25) is 4.90 Å². The lowest BCUT2D eigenvalue weighted by molar-refractivity contribution is 0.0453. The van der Waals surface area contributed by atoms with Crippen LogP contribution in [0.5, 0.6) is 5.75 Å². The highest BCUT2D eigenvalue weighted by molar-refractivity contribution is 5.57. The molecule has 1 aromatic carbocycles. The van der Waals surface area contributed by atoms with Gasteiger partial charge in [-0.15, -0.1) is 0 Å². The normalized spacial score (nSPS) is 27.8. The summed E-state index contributed by atoms with van der Waals surface area (Å²) in [5, 5.41) is 20.0. The van der Waals surface area contributed by atoms with Crippen molar-refractivity contribution < 1.29 is 10.2 Å². The van der Waals surface area contributed by atoms with E-state index in [1.54, 1.807) is 6.07 Å². The Hall–Kier alpha value is -1.26. The summed E-state index contributed by atoms with van der Waals surface area (Å²) in [6.07, 6.45) is 4.48. The quantitative estimate of drug-likeness (QED) is 0.894. The fourth-order valence-electron chi connectivity index (χ4n) is 3.64. The summed E-state index contributed by atoms with van der Waals surface area (Å²) in [6, 6.07) is 7.56. The van der Waals surface area contributed by atoms with E-state index in [1.165, 1.54) is 19.3 Å². The molecule has 1 aromatic rings. The third kappa shape index (κ3) is 3.50. The minimum Gasteiger partial charge on any atom is -0.506 e. The molecule has 0 radical (unpaired) electrons. The molecule has 0 amide bonds. The second-order valence-corrected chi connectivity index (χ2v) is 6.39. The van der Waals surface area contributed by atoms with E-state index in [2.05, 4.69) is 9.80 Å². The summed E-state index contributed by atoms with van der Waals surface area (Å²) in [5.74, 6) is 0.823. The molecule has 1 saturated carbocycles. The fourth-order valence-corrected chi connectivity index (χ4v) is 3.64. The van der Waals surface area contributed by atoms with Crippen LogP contribution in [0.2, 0.25) is 0 Å². The molecule has 3 rings (SSSR count). The van der Waals surface area contributed by atoms with E-state index in [4.69, 9.17) is 0 Å². The van der Waals surface area contributed by atoms with Gasteiger partial charge >= 0.3 is 0 Å². The predicted octanol–water partition coefficient (Wildman–Crippen LogP) is 2.07. The zero-order valence-corrected chi connectivity index (χ0v) is 12.6. The molecule has 116 valence electrons. The minimum atomic E-state index is -0.102. The van der Waals surface area contributed by atoms with Gasteiger partial charge in [-0.05, 0) is 30.9 Å². The number of nitrogens with zero attached hydrogens (tertiary/aromatic N) is 2. The molecule has 2 unspecified atom stereocenters. The van der Waals surface area contributed by atoms with Crippen LogP contribution in [0.15, 0.2) is 24.3 Å². The molecule has 1 heterocycles. The second-order valence-electron chi connectivity index (χ2n) is 6.39. The Labute approximate surface area is 127 Å². The molecule has 2 fully saturated rings. The third-order valence-electron chi connectivity index (χ3n) is 4.96. The zero-order valence-electron chi connectivity index (χ0n) is 12.6. The highest BCUT2D eigenvalue weighted by Gasteiger charge is 2.27. The number of phenolic OH excluding ortho intramolecular Hbond substituents is 1. The number of piperazine rings is 1. The first-order valence-electron chi connectivity index (χ1n) is 8.17. The summed E-state index contributed by atoms with van der Waals surface area (Å²) in [7, 11) is 0. The number of anilines is 1. The molecule has 1 aliphatic heterocycles. The third-order valence-corrected chi connectivity index (χ3v) is 4.96. The van der Waals surface area contributed by atoms with E-state index >= 15 is 0 Å². The van der Waals surface area contributed by atoms with Crippen molar-refractivity contribution in [2.24, 2.45) is 5.92 Å². The molecule has 4 heteroatoms. The van der Waals surface area contributed by atoms with Crippen LogP contribution < -0.4 is 4.90 Å². The zero-order chi connectivity index (χ0) is 14.7. The molecule has 2 aliphatic rings. The van der Waals surface area contributed by atoms with Crippen molar-refractivity contribution in [1.29, 1.82) is 0 Å². The number of aliphatic hydroxyl groups excluding tert-OH is 1. The van der Waals surface area contributed by atoms with Crippen LogP contribution in [0, 0.1) is 5.92 Å². The number of hydrogen-bond acceptors (Lipinski definition) is 4. The van der Waals surface area contributed by atoms with Crippen LogP contribution in [0.1, 0.15) is 25.7 Å². The molecule has 4 nitrogen and oxygen atoms in total. The Balaban J connectivity index is 1.52. The first kappa shape index (κ1) is 14.7. The molecule has 1 saturated heterocycles. The summed E-state index contributed by atoms with van der Waals surface area (Å²) < 4.78 is 0. The summed E-state index contributed by atoms with van der Waals surface area (Å²) >= 11 is 0. The van der Waals surface area contributed by atoms with E-state index in [-0.39, 0.29) is 6.10 Å². The predicted molar refractivity (Wildman–Crippen MR) is 84.7 cm³/mol. The van der Waals surface area contributed by atoms with Gasteiger partial charge in [-0.1, -0.05) is 25.0 Å². The molecule has 21 heavy (non-hydrogen) atoms. The first-order chi connectivity index (χ1) is 10.2. The SMILES string of the molecule is Oc1ccccc1N1CCN(CC2CCCCC2O)CC1. The van der Waals surface area contributed by atoms with Crippen LogP contribution >= 0.6 is 0 Å². The van der Waals surface area contributed by atoms with E-state index in [0.717, 1.165) is 44.8 Å². The average Bonchev–Trinajstić information content (AvgIpc) is 2.51. The topological polar surface area (TPSA) is 46.9 Å². The van der Waals surface area contributed by atoms with E-state index in [0.29, 0.717) is 11.7 Å². The van der Waals surface area contributed by atoms with Gasteiger partial charge in [0.1, 0.15) is 5.75 Å². The number of rotatable bonds is 3. The van der Waals surface area contributed by atoms with E-state index in [9.17, 15) is 10.2 Å². The molecule has 1 aliphatic carbocycles. The van der Waals surface area contributed by atoms with Crippen LogP contribution in [0.3, 0.4) is 0 Å². The Morgan fingerprint density at radius 2 is 1.71 bits per heavy atom. The van der Waals surface area contributed by atoms with Crippen molar-refractivity contribution in [3.8, 4) is 5.75 Å². The number of phenols is 1. The van der Waals surface area contributed by atoms with Crippen LogP contribution in [-0.4, -0.2) is 53.9 Å². The van der Waals surface area contributed by atoms with Crippen molar-refractivity contribution in [3.63, 3.8) is 0 Å². The van der Waals surface area contributed by atoms with Crippen molar-refractivity contribution in [1.82, 2.24) is 4.90 Å². The summed E-state index contributed by atoms with van der Waals surface area (Å²) in [6.45, 7) is 4.94. The molecule has 0 bridgehead atoms. The van der Waals surface area contributed by atoms with Gasteiger partial charge in [-0.25, -0.2) is 0 Å². The molecular formula is C17H26N2O2. The molecule has 0 aromatic heterocycles. The van der Waals surface area contributed by atoms with Crippen LogP contribution in [-0.2, 0) is 0 Å². The summed E-state index contributed by atoms with van der Waals surface area (Å²) in [5.41, 5.74) is 0.940. The average molecular weight is 290 g/mol. The van der Waals surface area contributed by atoms with Crippen molar-refractivity contribution in [3.05, 3.63) is 24.3 Å². The Bertz CT molecular complexity index is 458. The highest BCUT2D eigenvalue weighted by Crippen LogP contribution is 2.28. The number of para-hydroxylation sites is 2. The van der Waals surface area contributed by atoms with Gasteiger partial charge in [-0.2, -0.15) is 0 Å². The highest BCUT2D eigenvalue weighted by atomic mass is 16.3. The maximum absolute atomic E-state index is 10.1. The monoisotopic (exact) mass is 290 g/mol. The van der Waals surface area contributed by atoms with Crippen LogP contribution in [0.25, 0.3) is 0 Å². The van der Waals surface area contributed by atoms with E-state index in [1.807, 2.05) is 18.2 Å². The maximum atomic E-state index is 10.1. The van der Waals surface area contributed by atoms with Crippen LogP contribution in [0.4, 0.5) is 5.69 Å². The summed E-state index contributed by atoms with van der Waals surface area (Å²) in [4.78, 5) is 4.72. The van der Waals surface area contributed by atoms with E-state index < -0.39 is 0 Å². The Morgan fingerprint density at radius 3 is 2.43 bits per heavy atom. The lowest BCUT2D eigenvalue weighted by Crippen LogP contribution is -2.49. The number of aromatic hydroxyl groups is 1. The van der Waals surface area contributed by atoms with Gasteiger partial charge in [0.05, 0.1) is 11.8 Å². The van der Waals surface area contributed by atoms with Crippen molar-refractivity contribution in [2.75, 3.05) is 37.6 Å². The largest absolute Gasteiger partial charge is 0.506 e. The molecule has 2 atom stereocenters. The molecule has 2 N–H and O–H groups in total. The van der Waals surface area contributed by atoms with Gasteiger partial charge in [0.15, 0.2) is 0 Å². The van der Waals surface area contributed by atoms with Gasteiger partial charge < -0.3 is 15.1 Å². The lowest BCUT2D eigenvalue weighted by Gasteiger charge is -2.39. The first-order valence-corrected chi connectivity index (χ1v) is 8.17. The van der Waals surface area contributed by atoms with Crippen molar-refractivity contribution in [2.45, 2.75) is 31.8 Å². The standard InChI is InChI=1S/C17H26N2O2/c20-16-7-3-1-5-14(16)13-18-9-11-19(12-10-18)15-6-2-4-8-17(15)21/h2,4,6,8,14,16,20-21H,1,3,5,7,9-13H2. The van der Waals surface area contributed by atoms with Crippen molar-refractivity contribution >= 4 is 5.69 Å². The van der Waals surface area contributed by atoms with Gasteiger partial charge in [0.25, 0.3) is 0 Å². The number of hydrogen-bond donors (Lipinski definition) is 2. The minimum absolute atomic E-state index is 0.102. The smallest absolute Gasteiger partial charge is 0.138 e. The second kappa shape index (κ2) is 6.67. The molecular weight excluding hydrogens is 264 g/mol. The number of benzene rings is 1. The Morgan fingerprint density at radius 1 is 1.00 bits per heavy atom. The van der Waals surface area contributed by atoms with Gasteiger partial charge in [0, 0.05) is 32.7 Å². The molecule has 0 spiro atoms. The number of aliphatic hydroxyl groups is 1. The lowest BCUT2D eigenvalue weighted by atomic mass is 9.86. The Kier molecular flexibility index (Phi) is 4.66. The fraction of sp³-hybridized carbons (Fsp3) is 0.647. The van der Waals surface area contributed by atoms with Gasteiger partial charge in [0.2, 0.25) is 0 Å². The maximum Gasteiger partial charge on any atom is 0.138 e.